The molecule has 4 heteroatoms. The highest BCUT2D eigenvalue weighted by molar-refractivity contribution is 6.11. The van der Waals surface area contributed by atoms with Gasteiger partial charge in [-0.05, 0) is 64.4 Å². The molecule has 3 aromatic carbocycles. The quantitative estimate of drug-likeness (QED) is 0.161. The van der Waals surface area contributed by atoms with Crippen LogP contribution in [0.2, 0.25) is 0 Å². The molecule has 0 spiro atoms. The molecule has 2 atom stereocenters. The fourth-order valence-corrected chi connectivity index (χ4v) is 6.46. The zero-order chi connectivity index (χ0) is 37.5. The van der Waals surface area contributed by atoms with Gasteiger partial charge in [-0.1, -0.05) is 162 Å². The van der Waals surface area contributed by atoms with Crippen LogP contribution in [0, 0.1) is 18.8 Å². The lowest BCUT2D eigenvalue weighted by Crippen LogP contribution is -2.37. The minimum Gasteiger partial charge on any atom is -0.382 e. The van der Waals surface area contributed by atoms with Crippen LogP contribution in [-0.2, 0) is 10.2 Å². The van der Waals surface area contributed by atoms with E-state index < -0.39 is 5.60 Å². The fourth-order valence-electron chi connectivity index (χ4n) is 6.46. The Bertz CT molecular complexity index is 1710. The minimum atomic E-state index is -0.851. The molecule has 51 heavy (non-hydrogen) atoms. The van der Waals surface area contributed by atoms with Crippen molar-refractivity contribution in [2.75, 3.05) is 0 Å². The van der Waals surface area contributed by atoms with E-state index in [4.69, 9.17) is 4.74 Å². The Morgan fingerprint density at radius 2 is 0.961 bits per heavy atom. The van der Waals surface area contributed by atoms with Crippen molar-refractivity contribution in [1.29, 1.82) is 0 Å². The predicted octanol–water partition coefficient (Wildman–Crippen LogP) is 11.1. The number of ketones is 2. The third-order valence-electron chi connectivity index (χ3n) is 11.1. The first-order chi connectivity index (χ1) is 24.1. The molecule has 0 heterocycles. The van der Waals surface area contributed by atoms with Crippen LogP contribution in [-0.4, -0.2) is 33.5 Å². The van der Waals surface area contributed by atoms with E-state index in [9.17, 15) is 14.7 Å². The predicted molar refractivity (Wildman–Crippen MR) is 212 cm³/mol. The van der Waals surface area contributed by atoms with Gasteiger partial charge < -0.3 is 9.84 Å². The lowest BCUT2D eigenvalue weighted by atomic mass is 9.77. The van der Waals surface area contributed by atoms with Crippen LogP contribution in [0.3, 0.4) is 0 Å². The number of hydrogen-bond acceptors (Lipinski definition) is 4. The largest absolute Gasteiger partial charge is 0.382 e. The van der Waals surface area contributed by atoms with Crippen LogP contribution in [0.4, 0.5) is 0 Å². The lowest BCUT2D eigenvalue weighted by molar-refractivity contribution is -0.0972. The molecule has 0 radical (unpaired) electrons. The molecule has 3 aromatic rings. The van der Waals surface area contributed by atoms with Crippen LogP contribution in [0.1, 0.15) is 124 Å². The van der Waals surface area contributed by atoms with Gasteiger partial charge in [0.25, 0.3) is 0 Å². The summed E-state index contributed by atoms with van der Waals surface area (Å²) in [6.45, 7) is 19.1. The van der Waals surface area contributed by atoms with Gasteiger partial charge in [-0.2, -0.15) is 0 Å². The van der Waals surface area contributed by atoms with Gasteiger partial charge in [-0.25, -0.2) is 0 Å². The maximum atomic E-state index is 12.9. The SMILES string of the molecule is CCC(C)(CC)OC1(C)C=CC2C=CC(C)(O)C=CC2C=C1.CCC(C)(CC)c1ccc(C(=O)c2ccc(C(=O)c3ccc(C)cc3)cc2)cc1. The van der Waals surface area contributed by atoms with Crippen molar-refractivity contribution < 1.29 is 19.4 Å². The second-order valence-corrected chi connectivity index (χ2v) is 15.2. The summed E-state index contributed by atoms with van der Waals surface area (Å²) in [6.07, 6.45) is 20.8. The number of carbonyl (C=O) groups excluding carboxylic acids is 2. The molecule has 0 saturated carbocycles. The highest BCUT2D eigenvalue weighted by Gasteiger charge is 2.33. The van der Waals surface area contributed by atoms with Gasteiger partial charge in [0.05, 0.1) is 11.2 Å². The van der Waals surface area contributed by atoms with Gasteiger partial charge in [-0.15, -0.1) is 0 Å². The molecule has 0 aromatic heterocycles. The molecule has 5 rings (SSSR count). The number of hydrogen-bond donors (Lipinski definition) is 1. The summed E-state index contributed by atoms with van der Waals surface area (Å²) in [4.78, 5) is 25.5. The van der Waals surface area contributed by atoms with E-state index in [0.717, 1.165) is 31.2 Å². The summed E-state index contributed by atoms with van der Waals surface area (Å²) in [6, 6.07) is 22.4. The smallest absolute Gasteiger partial charge is 0.193 e. The molecular formula is C47H58O4. The van der Waals surface area contributed by atoms with Gasteiger partial charge in [-0.3, -0.25) is 9.59 Å². The number of benzene rings is 3. The first-order valence-corrected chi connectivity index (χ1v) is 18.7. The van der Waals surface area contributed by atoms with E-state index in [-0.39, 0.29) is 40.0 Å². The summed E-state index contributed by atoms with van der Waals surface area (Å²) in [5.74, 6) is 0.468. The van der Waals surface area contributed by atoms with Crippen LogP contribution < -0.4 is 0 Å². The molecule has 4 nitrogen and oxygen atoms in total. The summed E-state index contributed by atoms with van der Waals surface area (Å²) in [7, 11) is 0. The van der Waals surface area contributed by atoms with Crippen molar-refractivity contribution in [2.45, 2.75) is 110 Å². The number of aryl methyl sites for hydroxylation is 1. The van der Waals surface area contributed by atoms with Crippen LogP contribution in [0.15, 0.2) is 121 Å². The molecule has 0 amide bonds. The van der Waals surface area contributed by atoms with Gasteiger partial charge in [0.15, 0.2) is 11.6 Å². The van der Waals surface area contributed by atoms with E-state index in [0.29, 0.717) is 22.3 Å². The Kier molecular flexibility index (Phi) is 12.8. The van der Waals surface area contributed by atoms with Crippen molar-refractivity contribution in [2.24, 2.45) is 11.8 Å². The highest BCUT2D eigenvalue weighted by atomic mass is 16.5. The summed E-state index contributed by atoms with van der Waals surface area (Å²) < 4.78 is 6.45. The molecule has 270 valence electrons. The second-order valence-electron chi connectivity index (χ2n) is 15.2. The maximum Gasteiger partial charge on any atom is 0.193 e. The zero-order valence-corrected chi connectivity index (χ0v) is 32.2. The Hall–Kier alpha value is -4.12. The van der Waals surface area contributed by atoms with E-state index in [1.165, 1.54) is 5.56 Å². The number of rotatable bonds is 11. The summed E-state index contributed by atoms with van der Waals surface area (Å²) >= 11 is 0. The Morgan fingerprint density at radius 1 is 0.608 bits per heavy atom. The zero-order valence-electron chi connectivity index (χ0n) is 32.2. The van der Waals surface area contributed by atoms with Crippen molar-refractivity contribution in [3.8, 4) is 0 Å². The fraction of sp³-hybridized carbons (Fsp3) is 0.404. The third-order valence-corrected chi connectivity index (χ3v) is 11.1. The number of carbonyl (C=O) groups is 2. The molecule has 2 aliphatic carbocycles. The van der Waals surface area contributed by atoms with E-state index in [2.05, 4.69) is 97.1 Å². The molecular weight excluding hydrogens is 629 g/mol. The number of fused-ring (bicyclic) bond motifs is 1. The van der Waals surface area contributed by atoms with E-state index in [1.807, 2.05) is 55.5 Å². The number of aliphatic hydroxyl groups is 1. The monoisotopic (exact) mass is 686 g/mol. The van der Waals surface area contributed by atoms with Crippen molar-refractivity contribution in [3.63, 3.8) is 0 Å². The van der Waals surface area contributed by atoms with E-state index >= 15 is 0 Å². The molecule has 0 bridgehead atoms. The van der Waals surface area contributed by atoms with E-state index in [1.54, 1.807) is 31.2 Å². The third kappa shape index (κ3) is 10.0. The normalized spacial score (nSPS) is 22.7. The van der Waals surface area contributed by atoms with Crippen molar-refractivity contribution in [1.82, 2.24) is 0 Å². The molecule has 0 fully saturated rings. The van der Waals surface area contributed by atoms with Gasteiger partial charge in [0.2, 0.25) is 0 Å². The molecule has 2 aliphatic rings. The van der Waals surface area contributed by atoms with Gasteiger partial charge in [0.1, 0.15) is 5.60 Å². The summed E-state index contributed by atoms with van der Waals surface area (Å²) in [5.41, 5.74) is 3.68. The highest BCUT2D eigenvalue weighted by Crippen LogP contribution is 2.35. The lowest BCUT2D eigenvalue weighted by Gasteiger charge is -2.36. The number of allylic oxidation sites excluding steroid dienone is 4. The Balaban J connectivity index is 0.000000238. The number of ether oxygens (including phenoxy) is 1. The van der Waals surface area contributed by atoms with Gasteiger partial charge in [0, 0.05) is 34.1 Å². The first kappa shape index (κ1) is 39.7. The molecule has 1 N–H and O–H groups in total. The molecule has 0 aliphatic heterocycles. The van der Waals surface area contributed by atoms with Crippen LogP contribution in [0.5, 0.6) is 0 Å². The van der Waals surface area contributed by atoms with Crippen molar-refractivity contribution in [3.05, 3.63) is 155 Å². The topological polar surface area (TPSA) is 63.6 Å². The maximum absolute atomic E-state index is 12.9. The Labute approximate surface area is 307 Å². The van der Waals surface area contributed by atoms with Crippen LogP contribution >= 0.6 is 0 Å². The van der Waals surface area contributed by atoms with Crippen molar-refractivity contribution >= 4 is 11.6 Å². The Morgan fingerprint density at radius 3 is 1.33 bits per heavy atom. The standard InChI is InChI=1S/C27H28O2.C20H30O2/c1-5-27(4,6-2)24-17-15-23(16-18-24)26(29)22-13-11-21(12-14-22)25(28)20-9-7-19(3)8-10-20;1-6-19(4,7-2)22-20(5)14-10-16-8-12-18(3,21)13-9-17(16)11-15-20/h7-18H,5-6H2,1-4H3;8-17,21H,6-7H2,1-5H3. The summed E-state index contributed by atoms with van der Waals surface area (Å²) in [5, 5.41) is 10.1. The minimum absolute atomic E-state index is 0.0272. The average molecular weight is 687 g/mol. The van der Waals surface area contributed by atoms with Crippen LogP contribution in [0.25, 0.3) is 0 Å². The van der Waals surface area contributed by atoms with Gasteiger partial charge >= 0.3 is 0 Å². The molecule has 0 saturated heterocycles. The first-order valence-electron chi connectivity index (χ1n) is 18.7. The second kappa shape index (κ2) is 16.5. The average Bonchev–Trinajstić information content (AvgIpc) is 3.40. The molecule has 2 unspecified atom stereocenters.